The van der Waals surface area contributed by atoms with Crippen molar-refractivity contribution >= 4 is 11.6 Å². The van der Waals surface area contributed by atoms with Crippen molar-refractivity contribution in [2.45, 2.75) is 19.0 Å². The summed E-state index contributed by atoms with van der Waals surface area (Å²) < 4.78 is 42.9. The molecular formula is C14H17F3N2O2. The summed E-state index contributed by atoms with van der Waals surface area (Å²) in [5.74, 6) is -1.19. The molecule has 21 heavy (non-hydrogen) atoms. The Balaban J connectivity index is 2.07. The quantitative estimate of drug-likeness (QED) is 0.855. The van der Waals surface area contributed by atoms with Crippen molar-refractivity contribution in [2.75, 3.05) is 25.9 Å². The number of piperidine rings is 1. The van der Waals surface area contributed by atoms with Crippen molar-refractivity contribution in [3.05, 3.63) is 23.8 Å². The minimum absolute atomic E-state index is 0.0608. The van der Waals surface area contributed by atoms with Crippen LogP contribution in [0.4, 0.5) is 18.9 Å². The van der Waals surface area contributed by atoms with E-state index in [0.717, 1.165) is 0 Å². The highest BCUT2D eigenvalue weighted by molar-refractivity contribution is 5.95. The first kappa shape index (κ1) is 15.5. The molecule has 1 amide bonds. The molecule has 1 fully saturated rings. The van der Waals surface area contributed by atoms with Crippen molar-refractivity contribution in [3.63, 3.8) is 0 Å². The van der Waals surface area contributed by atoms with Crippen LogP contribution in [0.3, 0.4) is 0 Å². The van der Waals surface area contributed by atoms with E-state index >= 15 is 0 Å². The van der Waals surface area contributed by atoms with Crippen molar-refractivity contribution < 1.29 is 22.7 Å². The molecule has 0 saturated carbocycles. The average Bonchev–Trinajstić information content (AvgIpc) is 2.45. The first-order valence-corrected chi connectivity index (χ1v) is 6.62. The molecule has 0 unspecified atom stereocenters. The molecule has 2 N–H and O–H groups in total. The molecule has 116 valence electrons. The number of nitrogens with two attached hydrogens (primary N) is 1. The van der Waals surface area contributed by atoms with Crippen LogP contribution in [0.15, 0.2) is 18.2 Å². The van der Waals surface area contributed by atoms with Crippen molar-refractivity contribution in [3.8, 4) is 5.75 Å². The number of hydrogen-bond acceptors (Lipinski definition) is 3. The summed E-state index contributed by atoms with van der Waals surface area (Å²) in [5, 5.41) is 0. The van der Waals surface area contributed by atoms with Gasteiger partial charge in [0, 0.05) is 30.4 Å². The number of ether oxygens (including phenoxy) is 1. The predicted molar refractivity (Wildman–Crippen MR) is 72.1 cm³/mol. The second-order valence-corrected chi connectivity index (χ2v) is 5.10. The van der Waals surface area contributed by atoms with Gasteiger partial charge in [-0.2, -0.15) is 13.2 Å². The normalized spacial score (nSPS) is 16.9. The number of likely N-dealkylation sites (tertiary alicyclic amines) is 1. The summed E-state index contributed by atoms with van der Waals surface area (Å²) >= 11 is 0. The number of nitrogen functional groups attached to an aromatic ring is 1. The molecule has 0 atom stereocenters. The number of alkyl halides is 3. The van der Waals surface area contributed by atoms with Gasteiger partial charge in [0.05, 0.1) is 13.0 Å². The van der Waals surface area contributed by atoms with Gasteiger partial charge in [0.15, 0.2) is 0 Å². The molecule has 1 aromatic carbocycles. The van der Waals surface area contributed by atoms with Gasteiger partial charge in [-0.25, -0.2) is 0 Å². The van der Waals surface area contributed by atoms with Crippen LogP contribution in [0.1, 0.15) is 23.2 Å². The SMILES string of the molecule is COc1cc(N)cc(C(=O)N2CCC(C(F)(F)F)CC2)c1. The van der Waals surface area contributed by atoms with Crippen molar-refractivity contribution in [2.24, 2.45) is 5.92 Å². The third-order valence-corrected chi connectivity index (χ3v) is 3.66. The minimum Gasteiger partial charge on any atom is -0.497 e. The molecule has 0 aliphatic carbocycles. The lowest BCUT2D eigenvalue weighted by atomic mass is 9.96. The van der Waals surface area contributed by atoms with Crippen molar-refractivity contribution in [1.82, 2.24) is 4.90 Å². The van der Waals surface area contributed by atoms with Crippen LogP contribution in [0, 0.1) is 5.92 Å². The van der Waals surface area contributed by atoms with Crippen LogP contribution in [0.2, 0.25) is 0 Å². The van der Waals surface area contributed by atoms with Gasteiger partial charge < -0.3 is 15.4 Å². The summed E-state index contributed by atoms with van der Waals surface area (Å²) in [4.78, 5) is 13.7. The largest absolute Gasteiger partial charge is 0.497 e. The molecule has 2 rings (SSSR count). The Labute approximate surface area is 120 Å². The Bertz CT molecular complexity index is 523. The van der Waals surface area contributed by atoms with Gasteiger partial charge in [-0.15, -0.1) is 0 Å². The van der Waals surface area contributed by atoms with Gasteiger partial charge in [0.25, 0.3) is 5.91 Å². The predicted octanol–water partition coefficient (Wildman–Crippen LogP) is 2.69. The molecule has 1 heterocycles. The first-order chi connectivity index (χ1) is 9.81. The average molecular weight is 302 g/mol. The van der Waals surface area contributed by atoms with E-state index in [1.54, 1.807) is 6.07 Å². The number of benzene rings is 1. The summed E-state index contributed by atoms with van der Waals surface area (Å²) in [7, 11) is 1.46. The van der Waals surface area contributed by atoms with E-state index in [0.29, 0.717) is 17.0 Å². The number of carbonyl (C=O) groups excluding carboxylic acids is 1. The zero-order valence-corrected chi connectivity index (χ0v) is 11.6. The fraction of sp³-hybridized carbons (Fsp3) is 0.500. The number of halogens is 3. The molecule has 1 aliphatic heterocycles. The monoisotopic (exact) mass is 302 g/mol. The highest BCUT2D eigenvalue weighted by Gasteiger charge is 2.41. The van der Waals surface area contributed by atoms with E-state index in [1.807, 2.05) is 0 Å². The number of amides is 1. The standard InChI is InChI=1S/C14H17F3N2O2/c1-21-12-7-9(6-11(18)8-12)13(20)19-4-2-10(3-5-19)14(15,16)17/h6-8,10H,2-5,18H2,1H3. The maximum absolute atomic E-state index is 12.6. The van der Waals surface area contributed by atoms with Gasteiger partial charge in [-0.05, 0) is 25.0 Å². The lowest BCUT2D eigenvalue weighted by Crippen LogP contribution is -2.42. The number of nitrogens with zero attached hydrogens (tertiary/aromatic N) is 1. The minimum atomic E-state index is -4.18. The van der Waals surface area contributed by atoms with E-state index in [9.17, 15) is 18.0 Å². The van der Waals surface area contributed by atoms with Crippen LogP contribution in [-0.2, 0) is 0 Å². The fourth-order valence-electron chi connectivity index (χ4n) is 2.46. The molecule has 1 saturated heterocycles. The van der Waals surface area contributed by atoms with Crippen LogP contribution in [-0.4, -0.2) is 37.2 Å². The van der Waals surface area contributed by atoms with Crippen LogP contribution in [0.25, 0.3) is 0 Å². The molecule has 7 heteroatoms. The maximum atomic E-state index is 12.6. The second kappa shape index (κ2) is 5.83. The van der Waals surface area contributed by atoms with E-state index in [-0.39, 0.29) is 31.8 Å². The molecule has 1 aliphatic rings. The molecular weight excluding hydrogens is 285 g/mol. The fourth-order valence-corrected chi connectivity index (χ4v) is 2.46. The number of anilines is 1. The van der Waals surface area contributed by atoms with E-state index < -0.39 is 12.1 Å². The van der Waals surface area contributed by atoms with Gasteiger partial charge in [-0.1, -0.05) is 0 Å². The Morgan fingerprint density at radius 2 is 1.90 bits per heavy atom. The summed E-state index contributed by atoms with van der Waals surface area (Å²) in [6.45, 7) is 0.195. The first-order valence-electron chi connectivity index (χ1n) is 6.62. The number of methoxy groups -OCH3 is 1. The van der Waals surface area contributed by atoms with Crippen LogP contribution < -0.4 is 10.5 Å². The highest BCUT2D eigenvalue weighted by atomic mass is 19.4. The molecule has 0 radical (unpaired) electrons. The molecule has 0 aromatic heterocycles. The third-order valence-electron chi connectivity index (χ3n) is 3.66. The summed E-state index contributed by atoms with van der Waals surface area (Å²) in [6, 6.07) is 4.61. The Kier molecular flexibility index (Phi) is 4.29. The molecule has 0 spiro atoms. The molecule has 0 bridgehead atoms. The zero-order valence-electron chi connectivity index (χ0n) is 11.6. The molecule has 4 nitrogen and oxygen atoms in total. The van der Waals surface area contributed by atoms with Crippen molar-refractivity contribution in [1.29, 1.82) is 0 Å². The zero-order chi connectivity index (χ0) is 15.6. The lowest BCUT2D eigenvalue weighted by Gasteiger charge is -2.33. The lowest BCUT2D eigenvalue weighted by molar-refractivity contribution is -0.183. The Morgan fingerprint density at radius 1 is 1.29 bits per heavy atom. The number of rotatable bonds is 2. The third kappa shape index (κ3) is 3.59. The second-order valence-electron chi connectivity index (χ2n) is 5.10. The maximum Gasteiger partial charge on any atom is 0.391 e. The van der Waals surface area contributed by atoms with E-state index in [1.165, 1.54) is 24.1 Å². The molecule has 1 aromatic rings. The Hall–Kier alpha value is -1.92. The van der Waals surface area contributed by atoms with Crippen LogP contribution in [0.5, 0.6) is 5.75 Å². The van der Waals surface area contributed by atoms with E-state index in [2.05, 4.69) is 0 Å². The topological polar surface area (TPSA) is 55.6 Å². The van der Waals surface area contributed by atoms with Crippen LogP contribution >= 0.6 is 0 Å². The highest BCUT2D eigenvalue weighted by Crippen LogP contribution is 2.34. The Morgan fingerprint density at radius 3 is 2.43 bits per heavy atom. The van der Waals surface area contributed by atoms with Gasteiger partial charge >= 0.3 is 6.18 Å². The smallest absolute Gasteiger partial charge is 0.391 e. The van der Waals surface area contributed by atoms with E-state index in [4.69, 9.17) is 10.5 Å². The number of hydrogen-bond donors (Lipinski definition) is 1. The summed E-state index contributed by atoms with van der Waals surface area (Å²) in [5.41, 5.74) is 6.39. The number of carbonyl (C=O) groups is 1. The van der Waals surface area contributed by atoms with Gasteiger partial charge in [0.2, 0.25) is 0 Å². The van der Waals surface area contributed by atoms with Gasteiger partial charge in [-0.3, -0.25) is 4.79 Å². The van der Waals surface area contributed by atoms with Gasteiger partial charge in [0.1, 0.15) is 5.75 Å². The summed E-state index contributed by atoms with van der Waals surface area (Å²) in [6.07, 6.45) is -4.31.